The fraction of sp³-hybridized carbons (Fsp3) is 0.600. The standard InChI is InChI=1S/C10H12F4N2O2S/c1-19-9-15-4-7(5-16-9)18-3-2-17-6-10(13,14)8(11)12/h4-5,8H,2-3,6H2,1H3. The molecule has 0 saturated carbocycles. The summed E-state index contributed by atoms with van der Waals surface area (Å²) in [5.74, 6) is -3.79. The lowest BCUT2D eigenvalue weighted by atomic mass is 10.4. The van der Waals surface area contributed by atoms with Gasteiger partial charge >= 0.3 is 12.3 Å². The minimum atomic E-state index is -4.14. The summed E-state index contributed by atoms with van der Waals surface area (Å²) in [4.78, 5) is 7.85. The molecule has 108 valence electrons. The Morgan fingerprint density at radius 2 is 1.89 bits per heavy atom. The molecule has 0 aliphatic heterocycles. The zero-order valence-electron chi connectivity index (χ0n) is 9.98. The van der Waals surface area contributed by atoms with Crippen LogP contribution >= 0.6 is 11.8 Å². The molecule has 0 fully saturated rings. The van der Waals surface area contributed by atoms with Crippen LogP contribution in [0.3, 0.4) is 0 Å². The first-order valence-electron chi connectivity index (χ1n) is 5.18. The van der Waals surface area contributed by atoms with Gasteiger partial charge in [-0.25, -0.2) is 18.7 Å². The van der Waals surface area contributed by atoms with Crippen molar-refractivity contribution < 1.29 is 27.0 Å². The van der Waals surface area contributed by atoms with Gasteiger partial charge in [0.15, 0.2) is 10.9 Å². The second-order valence-corrected chi connectivity index (χ2v) is 4.14. The lowest BCUT2D eigenvalue weighted by Gasteiger charge is -2.15. The fourth-order valence-corrected chi connectivity index (χ4v) is 1.29. The van der Waals surface area contributed by atoms with E-state index in [1.165, 1.54) is 24.2 Å². The summed E-state index contributed by atoms with van der Waals surface area (Å²) in [6.07, 6.45) is 0.924. The van der Waals surface area contributed by atoms with Gasteiger partial charge in [-0.15, -0.1) is 0 Å². The van der Waals surface area contributed by atoms with Crippen molar-refractivity contribution >= 4 is 11.8 Å². The molecule has 0 aliphatic carbocycles. The molecule has 0 spiro atoms. The summed E-state index contributed by atoms with van der Waals surface area (Å²) >= 11 is 1.36. The van der Waals surface area contributed by atoms with Gasteiger partial charge in [0.1, 0.15) is 13.2 Å². The zero-order chi connectivity index (χ0) is 14.3. The molecule has 9 heteroatoms. The second kappa shape index (κ2) is 7.49. The van der Waals surface area contributed by atoms with E-state index in [2.05, 4.69) is 14.7 Å². The van der Waals surface area contributed by atoms with Gasteiger partial charge in [0.25, 0.3) is 0 Å². The van der Waals surface area contributed by atoms with Gasteiger partial charge in [0.05, 0.1) is 19.0 Å². The number of alkyl halides is 4. The van der Waals surface area contributed by atoms with Crippen LogP contribution in [-0.2, 0) is 4.74 Å². The highest BCUT2D eigenvalue weighted by Gasteiger charge is 2.40. The highest BCUT2D eigenvalue weighted by atomic mass is 32.2. The molecule has 1 heterocycles. The first-order valence-corrected chi connectivity index (χ1v) is 6.40. The Labute approximate surface area is 111 Å². The van der Waals surface area contributed by atoms with E-state index in [1.54, 1.807) is 0 Å². The molecule has 1 rings (SSSR count). The predicted octanol–water partition coefficient (Wildman–Crippen LogP) is 2.49. The van der Waals surface area contributed by atoms with E-state index in [0.29, 0.717) is 10.9 Å². The molecule has 4 nitrogen and oxygen atoms in total. The summed E-state index contributed by atoms with van der Waals surface area (Å²) in [5, 5.41) is 0.570. The molecule has 0 bridgehead atoms. The van der Waals surface area contributed by atoms with E-state index in [4.69, 9.17) is 4.74 Å². The molecule has 0 N–H and O–H groups in total. The van der Waals surface area contributed by atoms with Gasteiger partial charge in [-0.1, -0.05) is 11.8 Å². The van der Waals surface area contributed by atoms with Crippen LogP contribution in [0.25, 0.3) is 0 Å². The van der Waals surface area contributed by atoms with E-state index >= 15 is 0 Å². The van der Waals surface area contributed by atoms with Crippen molar-refractivity contribution in [1.82, 2.24) is 9.97 Å². The molecular formula is C10H12F4N2O2S. The van der Waals surface area contributed by atoms with E-state index in [1.807, 2.05) is 6.26 Å². The van der Waals surface area contributed by atoms with E-state index in [0.717, 1.165) is 0 Å². The highest BCUT2D eigenvalue weighted by molar-refractivity contribution is 7.98. The van der Waals surface area contributed by atoms with E-state index in [9.17, 15) is 17.6 Å². The number of aromatic nitrogens is 2. The molecular weight excluding hydrogens is 288 g/mol. The maximum atomic E-state index is 12.4. The first kappa shape index (κ1) is 16.0. The average Bonchev–Trinajstić information content (AvgIpc) is 2.38. The monoisotopic (exact) mass is 300 g/mol. The number of hydrogen-bond acceptors (Lipinski definition) is 5. The van der Waals surface area contributed by atoms with E-state index < -0.39 is 19.0 Å². The summed E-state index contributed by atoms with van der Waals surface area (Å²) in [5.41, 5.74) is 0. The Balaban J connectivity index is 2.20. The van der Waals surface area contributed by atoms with Crippen LogP contribution in [0.5, 0.6) is 5.75 Å². The zero-order valence-corrected chi connectivity index (χ0v) is 10.8. The number of halogens is 4. The van der Waals surface area contributed by atoms with Crippen molar-refractivity contribution in [3.05, 3.63) is 12.4 Å². The number of ether oxygens (including phenoxy) is 2. The van der Waals surface area contributed by atoms with Gasteiger partial charge in [-0.05, 0) is 6.26 Å². The van der Waals surface area contributed by atoms with E-state index in [-0.39, 0.29) is 13.2 Å². The number of nitrogens with zero attached hydrogens (tertiary/aromatic N) is 2. The third-order valence-corrected chi connectivity index (χ3v) is 2.47. The molecule has 0 atom stereocenters. The maximum Gasteiger partial charge on any atom is 0.330 e. The molecule has 0 radical (unpaired) electrons. The van der Waals surface area contributed by atoms with Gasteiger partial charge < -0.3 is 9.47 Å². The minimum Gasteiger partial charge on any atom is -0.488 e. The van der Waals surface area contributed by atoms with Gasteiger partial charge in [0.2, 0.25) is 0 Å². The van der Waals surface area contributed by atoms with Crippen molar-refractivity contribution in [3.8, 4) is 5.75 Å². The average molecular weight is 300 g/mol. The quantitative estimate of drug-likeness (QED) is 0.319. The van der Waals surface area contributed by atoms with Gasteiger partial charge in [-0.3, -0.25) is 0 Å². The Morgan fingerprint density at radius 3 is 2.42 bits per heavy atom. The van der Waals surface area contributed by atoms with Crippen LogP contribution in [-0.4, -0.2) is 48.4 Å². The number of hydrogen-bond donors (Lipinski definition) is 0. The molecule has 0 amide bonds. The molecule has 0 aliphatic rings. The van der Waals surface area contributed by atoms with Crippen molar-refractivity contribution in [2.75, 3.05) is 26.1 Å². The fourth-order valence-electron chi connectivity index (χ4n) is 0.974. The molecule has 0 saturated heterocycles. The van der Waals surface area contributed by atoms with Crippen LogP contribution in [0.2, 0.25) is 0 Å². The Hall–Kier alpha value is -1.09. The summed E-state index contributed by atoms with van der Waals surface area (Å²) in [6.45, 7) is -1.62. The molecule has 0 unspecified atom stereocenters. The first-order chi connectivity index (χ1) is 8.95. The van der Waals surface area contributed by atoms with Crippen LogP contribution in [0.1, 0.15) is 0 Å². The second-order valence-electron chi connectivity index (χ2n) is 3.37. The van der Waals surface area contributed by atoms with Crippen molar-refractivity contribution in [3.63, 3.8) is 0 Å². The third-order valence-electron chi connectivity index (χ3n) is 1.90. The Kier molecular flexibility index (Phi) is 6.29. The van der Waals surface area contributed by atoms with Crippen molar-refractivity contribution in [1.29, 1.82) is 0 Å². The summed E-state index contributed by atoms with van der Waals surface area (Å²) in [7, 11) is 0. The van der Waals surface area contributed by atoms with Crippen molar-refractivity contribution in [2.45, 2.75) is 17.5 Å². The normalized spacial score (nSPS) is 11.9. The number of thioether (sulfide) groups is 1. The SMILES string of the molecule is CSc1ncc(OCCOCC(F)(F)C(F)F)cn1. The van der Waals surface area contributed by atoms with Crippen LogP contribution in [0, 0.1) is 0 Å². The Bertz CT molecular complexity index is 378. The summed E-state index contributed by atoms with van der Waals surface area (Å²) in [6, 6.07) is 0. The molecule has 1 aromatic rings. The van der Waals surface area contributed by atoms with Crippen LogP contribution < -0.4 is 4.74 Å². The van der Waals surface area contributed by atoms with Crippen LogP contribution in [0.4, 0.5) is 17.6 Å². The third kappa shape index (κ3) is 5.60. The topological polar surface area (TPSA) is 44.2 Å². The predicted molar refractivity (Wildman–Crippen MR) is 61.1 cm³/mol. The van der Waals surface area contributed by atoms with Gasteiger partial charge in [-0.2, -0.15) is 8.78 Å². The Morgan fingerprint density at radius 1 is 1.26 bits per heavy atom. The minimum absolute atomic E-state index is 0.0543. The molecule has 0 aromatic carbocycles. The highest BCUT2D eigenvalue weighted by Crippen LogP contribution is 2.22. The lowest BCUT2D eigenvalue weighted by Crippen LogP contribution is -2.33. The van der Waals surface area contributed by atoms with Gasteiger partial charge in [0, 0.05) is 0 Å². The summed E-state index contributed by atoms with van der Waals surface area (Å²) < 4.78 is 58.0. The number of rotatable bonds is 8. The maximum absolute atomic E-state index is 12.4. The van der Waals surface area contributed by atoms with Crippen LogP contribution in [0.15, 0.2) is 17.6 Å². The smallest absolute Gasteiger partial charge is 0.330 e. The molecule has 1 aromatic heterocycles. The molecule has 19 heavy (non-hydrogen) atoms. The lowest BCUT2D eigenvalue weighted by molar-refractivity contribution is -0.166. The van der Waals surface area contributed by atoms with Crippen molar-refractivity contribution in [2.24, 2.45) is 0 Å². The largest absolute Gasteiger partial charge is 0.488 e.